The van der Waals surface area contributed by atoms with E-state index in [0.29, 0.717) is 5.56 Å². The molecule has 3 N–H and O–H groups in total. The van der Waals surface area contributed by atoms with E-state index in [1.54, 1.807) is 30.5 Å². The van der Waals surface area contributed by atoms with Crippen LogP contribution in [-0.2, 0) is 16.2 Å². The van der Waals surface area contributed by atoms with E-state index in [2.05, 4.69) is 10.1 Å². The lowest BCUT2D eigenvalue weighted by Crippen LogP contribution is -2.12. The van der Waals surface area contributed by atoms with Crippen LogP contribution in [0.4, 0.5) is 13.2 Å². The van der Waals surface area contributed by atoms with E-state index in [1.807, 2.05) is 12.1 Å². The molecule has 0 aliphatic carbocycles. The van der Waals surface area contributed by atoms with E-state index in [-0.39, 0.29) is 16.3 Å². The summed E-state index contributed by atoms with van der Waals surface area (Å²) in [7, 11) is -3.92. The Hall–Kier alpha value is -3.37. The highest BCUT2D eigenvalue weighted by molar-refractivity contribution is 7.89. The van der Waals surface area contributed by atoms with Crippen LogP contribution >= 0.6 is 0 Å². The predicted molar refractivity (Wildman–Crippen MR) is 105 cm³/mol. The molecule has 0 aliphatic rings. The Balaban J connectivity index is 1.80. The van der Waals surface area contributed by atoms with Gasteiger partial charge in [-0.1, -0.05) is 24.3 Å². The Morgan fingerprint density at radius 3 is 2.10 bits per heavy atom. The second-order valence-electron chi connectivity index (χ2n) is 6.52. The van der Waals surface area contributed by atoms with Gasteiger partial charge in [0.15, 0.2) is 5.69 Å². The SMILES string of the molecule is NS(=O)(=O)c1ccc(-n2nc(C(F)(F)F)cc2-c2ccc(-c3ccc[nH]3)cc2)cc1. The predicted octanol–water partition coefficient (Wildman–Crippen LogP) is 4.20. The quantitative estimate of drug-likeness (QED) is 0.506. The third kappa shape index (κ3) is 3.87. The third-order valence-corrected chi connectivity index (χ3v) is 5.43. The number of nitrogens with two attached hydrogens (primary N) is 1. The number of nitrogens with one attached hydrogen (secondary N) is 1. The van der Waals surface area contributed by atoms with E-state index < -0.39 is 21.9 Å². The van der Waals surface area contributed by atoms with Gasteiger partial charge in [0.2, 0.25) is 10.0 Å². The van der Waals surface area contributed by atoms with Crippen LogP contribution in [0.2, 0.25) is 0 Å². The molecule has 30 heavy (non-hydrogen) atoms. The van der Waals surface area contributed by atoms with Crippen LogP contribution in [0.1, 0.15) is 5.69 Å². The van der Waals surface area contributed by atoms with Crippen LogP contribution in [0, 0.1) is 0 Å². The first-order valence-electron chi connectivity index (χ1n) is 8.68. The third-order valence-electron chi connectivity index (χ3n) is 4.50. The van der Waals surface area contributed by atoms with Crippen molar-refractivity contribution < 1.29 is 21.6 Å². The molecule has 0 saturated carbocycles. The van der Waals surface area contributed by atoms with Gasteiger partial charge in [0.05, 0.1) is 16.3 Å². The molecule has 10 heteroatoms. The summed E-state index contributed by atoms with van der Waals surface area (Å²) < 4.78 is 63.9. The van der Waals surface area contributed by atoms with Gasteiger partial charge in [-0.3, -0.25) is 0 Å². The summed E-state index contributed by atoms with van der Waals surface area (Å²) in [6.07, 6.45) is -2.86. The van der Waals surface area contributed by atoms with Crippen molar-refractivity contribution in [1.82, 2.24) is 14.8 Å². The Morgan fingerprint density at radius 1 is 0.933 bits per heavy atom. The van der Waals surface area contributed by atoms with Gasteiger partial charge in [0, 0.05) is 17.5 Å². The minimum atomic E-state index is -4.63. The maximum absolute atomic E-state index is 13.3. The van der Waals surface area contributed by atoms with Crippen molar-refractivity contribution in [3.63, 3.8) is 0 Å². The summed E-state index contributed by atoms with van der Waals surface area (Å²) in [6, 6.07) is 16.8. The van der Waals surface area contributed by atoms with Crippen molar-refractivity contribution >= 4 is 10.0 Å². The molecule has 0 bridgehead atoms. The minimum Gasteiger partial charge on any atom is -0.361 e. The van der Waals surface area contributed by atoms with Crippen molar-refractivity contribution in [2.45, 2.75) is 11.1 Å². The first-order chi connectivity index (χ1) is 14.1. The molecular weight excluding hydrogens is 417 g/mol. The molecule has 0 unspecified atom stereocenters. The van der Waals surface area contributed by atoms with E-state index in [1.165, 1.54) is 24.3 Å². The summed E-state index contributed by atoms with van der Waals surface area (Å²) in [5, 5.41) is 8.78. The number of halogens is 3. The molecule has 0 atom stereocenters. The van der Waals surface area contributed by atoms with Crippen LogP contribution in [0.25, 0.3) is 28.2 Å². The number of primary sulfonamides is 1. The fraction of sp³-hybridized carbons (Fsp3) is 0.0500. The Bertz CT molecular complexity index is 1280. The van der Waals surface area contributed by atoms with Gasteiger partial charge in [-0.25, -0.2) is 18.2 Å². The molecule has 0 radical (unpaired) electrons. The Kier molecular flexibility index (Phi) is 4.75. The molecule has 4 aromatic rings. The molecule has 0 amide bonds. The van der Waals surface area contributed by atoms with Crippen LogP contribution in [0.5, 0.6) is 0 Å². The molecule has 6 nitrogen and oxygen atoms in total. The van der Waals surface area contributed by atoms with Crippen molar-refractivity contribution in [3.8, 4) is 28.2 Å². The first kappa shape index (κ1) is 19.9. The number of rotatable bonds is 4. The van der Waals surface area contributed by atoms with Gasteiger partial charge in [0.25, 0.3) is 0 Å². The lowest BCUT2D eigenvalue weighted by atomic mass is 10.1. The van der Waals surface area contributed by atoms with Gasteiger partial charge < -0.3 is 4.98 Å². The number of aromatic amines is 1. The molecule has 2 aromatic heterocycles. The van der Waals surface area contributed by atoms with Crippen LogP contribution in [-0.4, -0.2) is 23.2 Å². The van der Waals surface area contributed by atoms with E-state index >= 15 is 0 Å². The average molecular weight is 432 g/mol. The summed E-state index contributed by atoms with van der Waals surface area (Å²) in [5.74, 6) is 0. The van der Waals surface area contributed by atoms with Gasteiger partial charge in [-0.05, 0) is 48.0 Å². The van der Waals surface area contributed by atoms with Crippen LogP contribution < -0.4 is 5.14 Å². The number of benzene rings is 2. The summed E-state index contributed by atoms with van der Waals surface area (Å²) >= 11 is 0. The standard InChI is InChI=1S/C20H15F3N4O2S/c21-20(22,23)19-12-18(14-5-3-13(4-6-14)17-2-1-11-25-17)27(26-19)15-7-9-16(10-8-15)30(24,28)29/h1-12,25H,(H2,24,28,29). The molecule has 154 valence electrons. The lowest BCUT2D eigenvalue weighted by molar-refractivity contribution is -0.141. The molecule has 2 heterocycles. The fourth-order valence-electron chi connectivity index (χ4n) is 3.03. The topological polar surface area (TPSA) is 93.8 Å². The molecular formula is C20H15F3N4O2S. The van der Waals surface area contributed by atoms with Gasteiger partial charge in [0.1, 0.15) is 0 Å². The first-order valence-corrected chi connectivity index (χ1v) is 10.2. The molecule has 4 rings (SSSR count). The van der Waals surface area contributed by atoms with E-state index in [0.717, 1.165) is 22.0 Å². The van der Waals surface area contributed by atoms with Gasteiger partial charge >= 0.3 is 6.18 Å². The highest BCUT2D eigenvalue weighted by Gasteiger charge is 2.35. The summed E-state index contributed by atoms with van der Waals surface area (Å²) in [5.41, 5.74) is 1.70. The molecule has 0 saturated heterocycles. The second-order valence-corrected chi connectivity index (χ2v) is 8.09. The molecule has 0 spiro atoms. The zero-order chi connectivity index (χ0) is 21.5. The largest absolute Gasteiger partial charge is 0.435 e. The molecule has 0 fully saturated rings. The zero-order valence-corrected chi connectivity index (χ0v) is 16.1. The van der Waals surface area contributed by atoms with Crippen LogP contribution in [0.3, 0.4) is 0 Å². The number of sulfonamides is 1. The van der Waals surface area contributed by atoms with Crippen LogP contribution in [0.15, 0.2) is 77.8 Å². The number of hydrogen-bond acceptors (Lipinski definition) is 3. The van der Waals surface area contributed by atoms with Crippen molar-refractivity contribution in [2.24, 2.45) is 5.14 Å². The highest BCUT2D eigenvalue weighted by atomic mass is 32.2. The zero-order valence-electron chi connectivity index (χ0n) is 15.3. The number of H-pyrrole nitrogens is 1. The summed E-state index contributed by atoms with van der Waals surface area (Å²) in [6.45, 7) is 0. The average Bonchev–Trinajstić information content (AvgIpc) is 3.37. The van der Waals surface area contributed by atoms with E-state index in [9.17, 15) is 21.6 Å². The van der Waals surface area contributed by atoms with Gasteiger partial charge in [-0.15, -0.1) is 0 Å². The minimum absolute atomic E-state index is 0.147. The highest BCUT2D eigenvalue weighted by Crippen LogP contribution is 2.34. The van der Waals surface area contributed by atoms with Gasteiger partial charge in [-0.2, -0.15) is 18.3 Å². The normalized spacial score (nSPS) is 12.3. The lowest BCUT2D eigenvalue weighted by Gasteiger charge is -2.09. The van der Waals surface area contributed by atoms with Crippen molar-refractivity contribution in [3.05, 3.63) is 78.6 Å². The number of aromatic nitrogens is 3. The number of nitrogens with zero attached hydrogens (tertiary/aromatic N) is 2. The number of hydrogen-bond donors (Lipinski definition) is 2. The van der Waals surface area contributed by atoms with Crippen molar-refractivity contribution in [2.75, 3.05) is 0 Å². The monoisotopic (exact) mass is 432 g/mol. The Morgan fingerprint density at radius 2 is 1.57 bits per heavy atom. The summed E-state index contributed by atoms with van der Waals surface area (Å²) in [4.78, 5) is 2.92. The number of alkyl halides is 3. The molecule has 2 aromatic carbocycles. The Labute approximate surface area is 169 Å². The maximum Gasteiger partial charge on any atom is 0.435 e. The maximum atomic E-state index is 13.3. The van der Waals surface area contributed by atoms with Crippen molar-refractivity contribution in [1.29, 1.82) is 0 Å². The second kappa shape index (κ2) is 7.15. The van der Waals surface area contributed by atoms with E-state index in [4.69, 9.17) is 5.14 Å². The fourth-order valence-corrected chi connectivity index (χ4v) is 3.54. The molecule has 0 aliphatic heterocycles. The smallest absolute Gasteiger partial charge is 0.361 e.